The Hall–Kier alpha value is -1.61. The Bertz CT molecular complexity index is 438. The highest BCUT2D eigenvalue weighted by molar-refractivity contribution is 5.96. The van der Waals surface area contributed by atoms with E-state index < -0.39 is 0 Å². The number of hydrogen-bond donors (Lipinski definition) is 1. The van der Waals surface area contributed by atoms with Crippen LogP contribution in [-0.4, -0.2) is 19.5 Å². The van der Waals surface area contributed by atoms with Crippen LogP contribution >= 0.6 is 0 Å². The highest BCUT2D eigenvalue weighted by atomic mass is 16.2. The average Bonchev–Trinajstić information content (AvgIpc) is 2.31. The van der Waals surface area contributed by atoms with Crippen LogP contribution in [0.3, 0.4) is 0 Å². The van der Waals surface area contributed by atoms with Crippen LogP contribution in [0.4, 0.5) is 5.69 Å². The van der Waals surface area contributed by atoms with E-state index in [2.05, 4.69) is 6.07 Å². The molecule has 0 saturated carbocycles. The molecule has 1 heterocycles. The fourth-order valence-corrected chi connectivity index (χ4v) is 2.06. The van der Waals surface area contributed by atoms with Crippen molar-refractivity contribution in [1.29, 1.82) is 0 Å². The zero-order valence-corrected chi connectivity index (χ0v) is 9.44. The van der Waals surface area contributed by atoms with Crippen LogP contribution in [-0.2, 0) is 11.2 Å². The molecular formula is C13H16N2O. The number of carbonyl (C=O) groups excluding carboxylic acids is 1. The molecule has 1 amide bonds. The number of amides is 1. The zero-order valence-electron chi connectivity index (χ0n) is 9.44. The molecule has 0 fully saturated rings. The smallest absolute Gasteiger partial charge is 0.227 e. The van der Waals surface area contributed by atoms with Gasteiger partial charge in [-0.05, 0) is 23.6 Å². The number of hydrogen-bond acceptors (Lipinski definition) is 2. The summed E-state index contributed by atoms with van der Waals surface area (Å²) in [4.78, 5) is 13.3. The third-order valence-electron chi connectivity index (χ3n) is 2.95. The van der Waals surface area contributed by atoms with Gasteiger partial charge in [-0.25, -0.2) is 0 Å². The maximum absolute atomic E-state index is 11.6. The Morgan fingerprint density at radius 2 is 2.25 bits per heavy atom. The van der Waals surface area contributed by atoms with Crippen molar-refractivity contribution in [3.8, 4) is 0 Å². The minimum atomic E-state index is 0.187. The summed E-state index contributed by atoms with van der Waals surface area (Å²) in [5.74, 6) is 0.187. The van der Waals surface area contributed by atoms with E-state index >= 15 is 0 Å². The molecule has 2 rings (SSSR count). The molecule has 0 atom stereocenters. The Balaban J connectivity index is 2.44. The monoisotopic (exact) mass is 216 g/mol. The zero-order chi connectivity index (χ0) is 11.5. The second kappa shape index (κ2) is 4.49. The Morgan fingerprint density at radius 3 is 3.00 bits per heavy atom. The molecular weight excluding hydrogens is 200 g/mol. The number of anilines is 1. The number of fused-ring (bicyclic) bond motifs is 1. The van der Waals surface area contributed by atoms with Gasteiger partial charge in [0.2, 0.25) is 5.91 Å². The summed E-state index contributed by atoms with van der Waals surface area (Å²) in [6.45, 7) is 0.540. The van der Waals surface area contributed by atoms with Gasteiger partial charge < -0.3 is 10.6 Å². The van der Waals surface area contributed by atoms with Gasteiger partial charge in [0.05, 0.1) is 0 Å². The Labute approximate surface area is 95.6 Å². The van der Waals surface area contributed by atoms with E-state index in [-0.39, 0.29) is 5.91 Å². The fourth-order valence-electron chi connectivity index (χ4n) is 2.06. The van der Waals surface area contributed by atoms with Crippen molar-refractivity contribution in [2.45, 2.75) is 12.8 Å². The first-order valence-electron chi connectivity index (χ1n) is 5.49. The van der Waals surface area contributed by atoms with Gasteiger partial charge in [-0.15, -0.1) is 0 Å². The molecule has 16 heavy (non-hydrogen) atoms. The van der Waals surface area contributed by atoms with Crippen molar-refractivity contribution in [2.24, 2.45) is 5.73 Å². The predicted molar refractivity (Wildman–Crippen MR) is 66.3 cm³/mol. The van der Waals surface area contributed by atoms with E-state index in [1.807, 2.05) is 31.3 Å². The molecule has 1 aromatic carbocycles. The summed E-state index contributed by atoms with van der Waals surface area (Å²) in [5, 5.41) is 0. The quantitative estimate of drug-likeness (QED) is 0.815. The largest absolute Gasteiger partial charge is 0.327 e. The molecule has 1 aromatic rings. The number of rotatable bonds is 2. The van der Waals surface area contributed by atoms with Gasteiger partial charge in [-0.1, -0.05) is 24.3 Å². The van der Waals surface area contributed by atoms with Gasteiger partial charge >= 0.3 is 0 Å². The first kappa shape index (κ1) is 10.9. The van der Waals surface area contributed by atoms with E-state index in [0.717, 1.165) is 12.1 Å². The maximum Gasteiger partial charge on any atom is 0.227 e. The minimum Gasteiger partial charge on any atom is -0.327 e. The SMILES string of the molecule is CN1C(=O)CCc2c(/C=C/CN)cccc21. The minimum absolute atomic E-state index is 0.187. The summed E-state index contributed by atoms with van der Waals surface area (Å²) < 4.78 is 0. The van der Waals surface area contributed by atoms with Gasteiger partial charge in [-0.3, -0.25) is 4.79 Å². The summed E-state index contributed by atoms with van der Waals surface area (Å²) >= 11 is 0. The van der Waals surface area contributed by atoms with E-state index in [1.54, 1.807) is 4.90 Å². The highest BCUT2D eigenvalue weighted by Gasteiger charge is 2.21. The number of carbonyl (C=O) groups is 1. The lowest BCUT2D eigenvalue weighted by atomic mass is 9.96. The van der Waals surface area contributed by atoms with Gasteiger partial charge in [0.25, 0.3) is 0 Å². The van der Waals surface area contributed by atoms with Crippen LogP contribution in [0.1, 0.15) is 17.5 Å². The Kier molecular flexibility index (Phi) is 3.06. The van der Waals surface area contributed by atoms with Gasteiger partial charge in [-0.2, -0.15) is 0 Å². The number of nitrogens with zero attached hydrogens (tertiary/aromatic N) is 1. The molecule has 2 N–H and O–H groups in total. The number of benzene rings is 1. The second-order valence-corrected chi connectivity index (χ2v) is 3.94. The van der Waals surface area contributed by atoms with E-state index in [0.29, 0.717) is 13.0 Å². The molecule has 1 aliphatic heterocycles. The van der Waals surface area contributed by atoms with E-state index in [1.165, 1.54) is 11.1 Å². The van der Waals surface area contributed by atoms with Crippen molar-refractivity contribution in [2.75, 3.05) is 18.5 Å². The molecule has 0 unspecified atom stereocenters. The molecule has 0 aromatic heterocycles. The van der Waals surface area contributed by atoms with Crippen LogP contribution in [0, 0.1) is 0 Å². The number of nitrogens with two attached hydrogens (primary N) is 1. The third-order valence-corrected chi connectivity index (χ3v) is 2.95. The van der Waals surface area contributed by atoms with Crippen LogP contribution in [0.15, 0.2) is 24.3 Å². The van der Waals surface area contributed by atoms with Gasteiger partial charge in [0.15, 0.2) is 0 Å². The van der Waals surface area contributed by atoms with Crippen molar-refractivity contribution >= 4 is 17.7 Å². The molecule has 1 aliphatic rings. The van der Waals surface area contributed by atoms with Crippen molar-refractivity contribution < 1.29 is 4.79 Å². The molecule has 0 radical (unpaired) electrons. The first-order valence-corrected chi connectivity index (χ1v) is 5.49. The normalized spacial score (nSPS) is 15.6. The first-order chi connectivity index (χ1) is 7.74. The third kappa shape index (κ3) is 1.86. The van der Waals surface area contributed by atoms with Crippen LogP contribution in [0.5, 0.6) is 0 Å². The lowest BCUT2D eigenvalue weighted by Crippen LogP contribution is -2.31. The molecule has 0 bridgehead atoms. The van der Waals surface area contributed by atoms with Crippen molar-refractivity contribution in [3.63, 3.8) is 0 Å². The summed E-state index contributed by atoms with van der Waals surface area (Å²) in [6.07, 6.45) is 5.38. The van der Waals surface area contributed by atoms with Crippen LogP contribution < -0.4 is 10.6 Å². The van der Waals surface area contributed by atoms with Crippen LogP contribution in [0.2, 0.25) is 0 Å². The summed E-state index contributed by atoms with van der Waals surface area (Å²) in [7, 11) is 1.83. The van der Waals surface area contributed by atoms with Gasteiger partial charge in [0.1, 0.15) is 0 Å². The average molecular weight is 216 g/mol. The maximum atomic E-state index is 11.6. The molecule has 0 saturated heterocycles. The molecule has 84 valence electrons. The van der Waals surface area contributed by atoms with Crippen molar-refractivity contribution in [1.82, 2.24) is 0 Å². The highest BCUT2D eigenvalue weighted by Crippen LogP contribution is 2.29. The topological polar surface area (TPSA) is 46.3 Å². The molecule has 3 nitrogen and oxygen atoms in total. The lowest BCUT2D eigenvalue weighted by Gasteiger charge is -2.26. The van der Waals surface area contributed by atoms with Gasteiger partial charge in [0, 0.05) is 25.7 Å². The lowest BCUT2D eigenvalue weighted by molar-refractivity contribution is -0.118. The predicted octanol–water partition coefficient (Wildman–Crippen LogP) is 1.57. The summed E-state index contributed by atoms with van der Waals surface area (Å²) in [6, 6.07) is 6.03. The van der Waals surface area contributed by atoms with Crippen molar-refractivity contribution in [3.05, 3.63) is 35.4 Å². The standard InChI is InChI=1S/C13H16N2O/c1-15-12-6-2-4-10(5-3-9-14)11(12)7-8-13(15)16/h2-6H,7-9,14H2,1H3/b5-3+. The Morgan fingerprint density at radius 1 is 1.44 bits per heavy atom. The fraction of sp³-hybridized carbons (Fsp3) is 0.308. The second-order valence-electron chi connectivity index (χ2n) is 3.94. The molecule has 0 spiro atoms. The van der Waals surface area contributed by atoms with Crippen LogP contribution in [0.25, 0.3) is 6.08 Å². The molecule has 3 heteroatoms. The van der Waals surface area contributed by atoms with E-state index in [9.17, 15) is 4.79 Å². The van der Waals surface area contributed by atoms with E-state index in [4.69, 9.17) is 5.73 Å². The molecule has 0 aliphatic carbocycles. The summed E-state index contributed by atoms with van der Waals surface area (Å²) in [5.41, 5.74) is 8.89.